The van der Waals surface area contributed by atoms with Crippen molar-refractivity contribution in [3.05, 3.63) is 17.5 Å². The maximum absolute atomic E-state index is 8.52. The van der Waals surface area contributed by atoms with Gasteiger partial charge in [0, 0.05) is 12.5 Å². The lowest BCUT2D eigenvalue weighted by Gasteiger charge is -1.77. The zero-order chi connectivity index (χ0) is 6.69. The van der Waals surface area contributed by atoms with Crippen LogP contribution in [0, 0.1) is 0 Å². The van der Waals surface area contributed by atoms with Crippen LogP contribution in [0.5, 0.6) is 0 Å². The van der Waals surface area contributed by atoms with Crippen LogP contribution in [0.4, 0.5) is 0 Å². The first kappa shape index (κ1) is 6.29. The van der Waals surface area contributed by atoms with E-state index in [0.717, 1.165) is 12.2 Å². The van der Waals surface area contributed by atoms with E-state index in [0.29, 0.717) is 5.69 Å². The van der Waals surface area contributed by atoms with E-state index >= 15 is 0 Å². The molecule has 0 atom stereocenters. The Hall–Kier alpha value is -0.830. The van der Waals surface area contributed by atoms with E-state index in [1.54, 1.807) is 6.07 Å². The Balaban J connectivity index is 2.74. The predicted octanol–water partition coefficient (Wildman–Crippen LogP) is 0.729. The fraction of sp³-hybridized carbons (Fsp3) is 0.500. The fourth-order valence-electron chi connectivity index (χ4n) is 0.597. The maximum atomic E-state index is 8.52. The first-order valence-electron chi connectivity index (χ1n) is 2.92. The molecule has 0 bridgehead atoms. The third-order valence-corrected chi connectivity index (χ3v) is 1.12. The summed E-state index contributed by atoms with van der Waals surface area (Å²) in [6.07, 6.45) is 0.826. The number of nitrogens with zero attached hydrogens (tertiary/aromatic N) is 1. The number of hydrogen-bond acceptors (Lipinski definition) is 3. The van der Waals surface area contributed by atoms with Gasteiger partial charge in [0.25, 0.3) is 0 Å². The van der Waals surface area contributed by atoms with Crippen molar-refractivity contribution >= 4 is 0 Å². The third-order valence-electron chi connectivity index (χ3n) is 1.12. The van der Waals surface area contributed by atoms with Gasteiger partial charge in [0.15, 0.2) is 0 Å². The predicted molar refractivity (Wildman–Crippen MR) is 31.8 cm³/mol. The second kappa shape index (κ2) is 2.64. The highest BCUT2D eigenvalue weighted by Gasteiger charge is 1.98. The van der Waals surface area contributed by atoms with Crippen LogP contribution >= 0.6 is 0 Å². The van der Waals surface area contributed by atoms with Crippen molar-refractivity contribution in [3.63, 3.8) is 0 Å². The van der Waals surface area contributed by atoms with Crippen molar-refractivity contribution in [2.45, 2.75) is 20.0 Å². The van der Waals surface area contributed by atoms with Crippen LogP contribution in [0.25, 0.3) is 0 Å². The Labute approximate surface area is 53.3 Å². The Morgan fingerprint density at radius 1 is 1.78 bits per heavy atom. The van der Waals surface area contributed by atoms with Gasteiger partial charge in [-0.05, 0) is 0 Å². The topological polar surface area (TPSA) is 46.3 Å². The Bertz CT molecular complexity index is 164. The van der Waals surface area contributed by atoms with Crippen LogP contribution in [-0.4, -0.2) is 10.3 Å². The monoisotopic (exact) mass is 127 g/mol. The van der Waals surface area contributed by atoms with Crippen molar-refractivity contribution in [3.8, 4) is 0 Å². The molecule has 1 aromatic heterocycles. The molecule has 50 valence electrons. The van der Waals surface area contributed by atoms with Crippen LogP contribution in [0.15, 0.2) is 10.6 Å². The van der Waals surface area contributed by atoms with Gasteiger partial charge >= 0.3 is 0 Å². The molecular weight excluding hydrogens is 118 g/mol. The average molecular weight is 127 g/mol. The molecule has 0 aliphatic rings. The molecule has 0 spiro atoms. The summed E-state index contributed by atoms with van der Waals surface area (Å²) in [4.78, 5) is 0. The second-order valence-corrected chi connectivity index (χ2v) is 1.80. The quantitative estimate of drug-likeness (QED) is 0.637. The van der Waals surface area contributed by atoms with Gasteiger partial charge in [-0.1, -0.05) is 12.1 Å². The first-order valence-corrected chi connectivity index (χ1v) is 2.92. The number of aryl methyl sites for hydroxylation is 1. The molecule has 0 saturated carbocycles. The molecular formula is C6H9NO2. The SMILES string of the molecule is CCc1cc(CO)no1. The summed E-state index contributed by atoms with van der Waals surface area (Å²) in [6.45, 7) is 1.94. The van der Waals surface area contributed by atoms with Gasteiger partial charge in [0.2, 0.25) is 0 Å². The number of aliphatic hydroxyl groups excluding tert-OH is 1. The summed E-state index contributed by atoms with van der Waals surface area (Å²) < 4.78 is 4.79. The van der Waals surface area contributed by atoms with Crippen molar-refractivity contribution in [1.82, 2.24) is 5.16 Å². The van der Waals surface area contributed by atoms with Crippen LogP contribution in [0.1, 0.15) is 18.4 Å². The van der Waals surface area contributed by atoms with E-state index in [1.807, 2.05) is 6.92 Å². The molecule has 0 saturated heterocycles. The highest BCUT2D eigenvalue weighted by atomic mass is 16.5. The van der Waals surface area contributed by atoms with Gasteiger partial charge in [-0.3, -0.25) is 0 Å². The number of rotatable bonds is 2. The molecule has 9 heavy (non-hydrogen) atoms. The largest absolute Gasteiger partial charge is 0.390 e. The third kappa shape index (κ3) is 1.29. The molecule has 0 aromatic carbocycles. The molecule has 3 nitrogen and oxygen atoms in total. The molecule has 0 aliphatic heterocycles. The van der Waals surface area contributed by atoms with E-state index < -0.39 is 0 Å². The molecule has 0 fully saturated rings. The van der Waals surface area contributed by atoms with E-state index in [1.165, 1.54) is 0 Å². The van der Waals surface area contributed by atoms with Gasteiger partial charge in [-0.25, -0.2) is 0 Å². The zero-order valence-corrected chi connectivity index (χ0v) is 5.29. The van der Waals surface area contributed by atoms with Crippen LogP contribution < -0.4 is 0 Å². The normalized spacial score (nSPS) is 10.0. The molecule has 0 amide bonds. The lowest BCUT2D eigenvalue weighted by atomic mass is 10.3. The molecule has 3 heteroatoms. The van der Waals surface area contributed by atoms with Crippen LogP contribution in [-0.2, 0) is 13.0 Å². The summed E-state index contributed by atoms with van der Waals surface area (Å²) in [7, 11) is 0. The van der Waals surface area contributed by atoms with Crippen molar-refractivity contribution in [2.24, 2.45) is 0 Å². The Morgan fingerprint density at radius 2 is 2.56 bits per heavy atom. The average Bonchev–Trinajstić information content (AvgIpc) is 2.34. The molecule has 0 aliphatic carbocycles. The Kier molecular flexibility index (Phi) is 1.85. The molecule has 1 heterocycles. The molecule has 1 aromatic rings. The molecule has 0 radical (unpaired) electrons. The first-order chi connectivity index (χ1) is 4.36. The molecule has 1 rings (SSSR count). The minimum Gasteiger partial charge on any atom is -0.390 e. The minimum atomic E-state index is -0.0382. The minimum absolute atomic E-state index is 0.0382. The number of hydrogen-bond donors (Lipinski definition) is 1. The summed E-state index contributed by atoms with van der Waals surface area (Å²) >= 11 is 0. The molecule has 0 unspecified atom stereocenters. The van der Waals surface area contributed by atoms with Crippen molar-refractivity contribution in [1.29, 1.82) is 0 Å². The highest BCUT2D eigenvalue weighted by molar-refractivity contribution is 5.03. The lowest BCUT2D eigenvalue weighted by Crippen LogP contribution is -1.78. The van der Waals surface area contributed by atoms with Gasteiger partial charge < -0.3 is 9.63 Å². The highest BCUT2D eigenvalue weighted by Crippen LogP contribution is 2.02. The van der Waals surface area contributed by atoms with E-state index in [4.69, 9.17) is 9.63 Å². The van der Waals surface area contributed by atoms with Crippen molar-refractivity contribution in [2.75, 3.05) is 0 Å². The van der Waals surface area contributed by atoms with E-state index in [9.17, 15) is 0 Å². The standard InChI is InChI=1S/C6H9NO2/c1-2-6-3-5(4-8)7-9-6/h3,8H,2,4H2,1H3. The van der Waals surface area contributed by atoms with Crippen LogP contribution in [0.2, 0.25) is 0 Å². The zero-order valence-electron chi connectivity index (χ0n) is 5.29. The summed E-state index contributed by atoms with van der Waals surface area (Å²) in [5.41, 5.74) is 0.604. The summed E-state index contributed by atoms with van der Waals surface area (Å²) in [5, 5.41) is 12.1. The van der Waals surface area contributed by atoms with E-state index in [-0.39, 0.29) is 6.61 Å². The lowest BCUT2D eigenvalue weighted by molar-refractivity contribution is 0.265. The van der Waals surface area contributed by atoms with Gasteiger partial charge in [0.1, 0.15) is 11.5 Å². The number of aromatic nitrogens is 1. The summed E-state index contributed by atoms with van der Waals surface area (Å²) in [6, 6.07) is 1.75. The number of aliphatic hydroxyl groups is 1. The van der Waals surface area contributed by atoms with Gasteiger partial charge in [-0.15, -0.1) is 0 Å². The van der Waals surface area contributed by atoms with Crippen molar-refractivity contribution < 1.29 is 9.63 Å². The second-order valence-electron chi connectivity index (χ2n) is 1.80. The summed E-state index contributed by atoms with van der Waals surface area (Å²) in [5.74, 6) is 0.819. The van der Waals surface area contributed by atoms with Crippen LogP contribution in [0.3, 0.4) is 0 Å². The smallest absolute Gasteiger partial charge is 0.136 e. The molecule has 1 N–H and O–H groups in total. The van der Waals surface area contributed by atoms with Gasteiger partial charge in [-0.2, -0.15) is 0 Å². The fourth-order valence-corrected chi connectivity index (χ4v) is 0.597. The maximum Gasteiger partial charge on any atom is 0.136 e. The Morgan fingerprint density at radius 3 is 2.89 bits per heavy atom. The van der Waals surface area contributed by atoms with Gasteiger partial charge in [0.05, 0.1) is 6.61 Å². The van der Waals surface area contributed by atoms with E-state index in [2.05, 4.69) is 5.16 Å².